The Morgan fingerprint density at radius 3 is 2.66 bits per heavy atom. The molecule has 0 aliphatic carbocycles. The van der Waals surface area contributed by atoms with Crippen molar-refractivity contribution in [2.24, 2.45) is 0 Å². The Labute approximate surface area is 179 Å². The molecule has 0 saturated heterocycles. The molecule has 3 aromatic heterocycles. The number of benzene rings is 2. The summed E-state index contributed by atoms with van der Waals surface area (Å²) in [4.78, 5) is 31.8. The first kappa shape index (κ1) is 19.6. The molecule has 0 atom stereocenters. The van der Waals surface area contributed by atoms with Crippen LogP contribution in [0.2, 0.25) is 0 Å². The lowest BCUT2D eigenvalue weighted by atomic mass is 9.99. The van der Waals surface area contributed by atoms with Crippen LogP contribution in [-0.2, 0) is 0 Å². The number of anilines is 1. The molecule has 0 unspecified atom stereocenters. The van der Waals surface area contributed by atoms with Crippen LogP contribution in [0.5, 0.6) is 0 Å². The zero-order chi connectivity index (χ0) is 22.6. The van der Waals surface area contributed by atoms with Gasteiger partial charge in [-0.3, -0.25) is 9.59 Å². The Bertz CT molecular complexity index is 1570. The predicted molar refractivity (Wildman–Crippen MR) is 115 cm³/mol. The highest BCUT2D eigenvalue weighted by molar-refractivity contribution is 6.16. The molecule has 3 N–H and O–H groups in total. The molecule has 0 radical (unpaired) electrons. The number of ketones is 1. The molecule has 7 nitrogen and oxygen atoms in total. The molecule has 9 heteroatoms. The van der Waals surface area contributed by atoms with E-state index in [2.05, 4.69) is 15.1 Å². The van der Waals surface area contributed by atoms with E-state index >= 15 is 0 Å². The van der Waals surface area contributed by atoms with Crippen molar-refractivity contribution in [1.29, 1.82) is 0 Å². The van der Waals surface area contributed by atoms with Crippen LogP contribution in [-0.4, -0.2) is 31.4 Å². The van der Waals surface area contributed by atoms with Crippen LogP contribution in [0, 0.1) is 11.6 Å². The van der Waals surface area contributed by atoms with Gasteiger partial charge in [-0.15, -0.1) is 0 Å². The molecule has 0 bridgehead atoms. The van der Waals surface area contributed by atoms with Crippen molar-refractivity contribution in [2.75, 3.05) is 5.73 Å². The highest BCUT2D eigenvalue weighted by Crippen LogP contribution is 2.30. The summed E-state index contributed by atoms with van der Waals surface area (Å²) in [6, 6.07) is 9.16. The van der Waals surface area contributed by atoms with E-state index in [1.54, 1.807) is 30.6 Å². The summed E-state index contributed by atoms with van der Waals surface area (Å²) in [6.45, 7) is 1.43. The molecule has 0 fully saturated rings. The smallest absolute Gasteiger partial charge is 0.244 e. The second kappa shape index (κ2) is 7.09. The van der Waals surface area contributed by atoms with E-state index in [0.717, 1.165) is 23.1 Å². The molecule has 5 aromatic rings. The summed E-state index contributed by atoms with van der Waals surface area (Å²) >= 11 is 0. The number of pyridine rings is 1. The number of nitrogen functional groups attached to an aromatic ring is 1. The molecule has 32 heavy (non-hydrogen) atoms. The molecule has 0 saturated carbocycles. The van der Waals surface area contributed by atoms with E-state index in [0.29, 0.717) is 22.1 Å². The van der Waals surface area contributed by atoms with Gasteiger partial charge in [0.05, 0.1) is 23.0 Å². The SMILES string of the molecule is CC(=O)n1ncc2cc(-c3cnc4[nH]cc(C(=O)c5c(F)ccc(N)c5F)c4c3)ccc21. The molecule has 3 heterocycles. The van der Waals surface area contributed by atoms with Crippen molar-refractivity contribution >= 4 is 39.3 Å². The lowest BCUT2D eigenvalue weighted by Crippen LogP contribution is -2.09. The van der Waals surface area contributed by atoms with E-state index in [1.807, 2.05) is 6.07 Å². The standard InChI is InChI=1S/C23H15F2N5O2/c1-11(31)30-19-5-2-12(6-14(19)9-29-30)13-7-15-16(10-28-23(15)27-8-13)22(32)20-17(24)3-4-18(26)21(20)25/h2-10H,26H2,1H3,(H,27,28). The lowest BCUT2D eigenvalue weighted by molar-refractivity contribution is 0.0926. The number of fused-ring (bicyclic) bond motifs is 2. The molecule has 2 aromatic carbocycles. The van der Waals surface area contributed by atoms with Crippen LogP contribution >= 0.6 is 0 Å². The number of nitrogens with zero attached hydrogens (tertiary/aromatic N) is 3. The minimum Gasteiger partial charge on any atom is -0.396 e. The molecule has 0 amide bonds. The molecular formula is C23H15F2N5O2. The van der Waals surface area contributed by atoms with Crippen LogP contribution in [0.15, 0.2) is 55.0 Å². The third kappa shape index (κ3) is 2.94. The van der Waals surface area contributed by atoms with Crippen LogP contribution < -0.4 is 5.73 Å². The number of hydrogen-bond donors (Lipinski definition) is 2. The number of carbonyl (C=O) groups excluding carboxylic acids is 2. The minimum atomic E-state index is -1.10. The fourth-order valence-electron chi connectivity index (χ4n) is 3.72. The fraction of sp³-hybridized carbons (Fsp3) is 0.0435. The maximum Gasteiger partial charge on any atom is 0.244 e. The Kier molecular flexibility index (Phi) is 4.33. The van der Waals surface area contributed by atoms with Gasteiger partial charge in [0.15, 0.2) is 5.82 Å². The highest BCUT2D eigenvalue weighted by Gasteiger charge is 2.24. The molecule has 5 rings (SSSR count). The van der Waals surface area contributed by atoms with Crippen molar-refractivity contribution in [3.63, 3.8) is 0 Å². The second-order valence-electron chi connectivity index (χ2n) is 7.33. The lowest BCUT2D eigenvalue weighted by Gasteiger charge is -2.07. The summed E-state index contributed by atoms with van der Waals surface area (Å²) in [6.07, 6.45) is 4.57. The average Bonchev–Trinajstić information content (AvgIpc) is 3.39. The fourth-order valence-corrected chi connectivity index (χ4v) is 3.72. The topological polar surface area (TPSA) is 107 Å². The van der Waals surface area contributed by atoms with Gasteiger partial charge in [0.25, 0.3) is 0 Å². The van der Waals surface area contributed by atoms with Gasteiger partial charge in [-0.2, -0.15) is 5.10 Å². The summed E-state index contributed by atoms with van der Waals surface area (Å²) in [5.74, 6) is -3.13. The Hall–Kier alpha value is -4.40. The van der Waals surface area contributed by atoms with Crippen molar-refractivity contribution < 1.29 is 18.4 Å². The van der Waals surface area contributed by atoms with Gasteiger partial charge in [0.1, 0.15) is 11.5 Å². The zero-order valence-electron chi connectivity index (χ0n) is 16.7. The van der Waals surface area contributed by atoms with Crippen molar-refractivity contribution in [2.45, 2.75) is 6.92 Å². The van der Waals surface area contributed by atoms with Gasteiger partial charge in [-0.25, -0.2) is 18.4 Å². The third-order valence-electron chi connectivity index (χ3n) is 5.32. The van der Waals surface area contributed by atoms with Crippen molar-refractivity contribution in [1.82, 2.24) is 19.7 Å². The number of rotatable bonds is 3. The maximum absolute atomic E-state index is 14.4. The van der Waals surface area contributed by atoms with Gasteiger partial charge in [0.2, 0.25) is 11.7 Å². The first-order chi connectivity index (χ1) is 15.3. The van der Waals surface area contributed by atoms with Crippen molar-refractivity contribution in [3.05, 3.63) is 77.8 Å². The number of hydrogen-bond acceptors (Lipinski definition) is 5. The molecule has 0 aliphatic heterocycles. The Balaban J connectivity index is 1.62. The molecule has 158 valence electrons. The van der Waals surface area contributed by atoms with Gasteiger partial charge in [0, 0.05) is 41.2 Å². The number of aromatic amines is 1. The molecular weight excluding hydrogens is 416 g/mol. The summed E-state index contributed by atoms with van der Waals surface area (Å²) in [5.41, 5.74) is 7.08. The second-order valence-corrected chi connectivity index (χ2v) is 7.33. The molecule has 0 aliphatic rings. The summed E-state index contributed by atoms with van der Waals surface area (Å²) in [5, 5.41) is 5.25. The quantitative estimate of drug-likeness (QED) is 0.327. The largest absolute Gasteiger partial charge is 0.396 e. The van der Waals surface area contributed by atoms with Crippen LogP contribution in [0.1, 0.15) is 27.6 Å². The van der Waals surface area contributed by atoms with E-state index < -0.39 is 23.0 Å². The third-order valence-corrected chi connectivity index (χ3v) is 5.32. The van der Waals surface area contributed by atoms with Gasteiger partial charge < -0.3 is 10.7 Å². The van der Waals surface area contributed by atoms with E-state index in [1.165, 1.54) is 17.8 Å². The average molecular weight is 431 g/mol. The summed E-state index contributed by atoms with van der Waals surface area (Å²) in [7, 11) is 0. The van der Waals surface area contributed by atoms with Crippen LogP contribution in [0.25, 0.3) is 33.1 Å². The summed E-state index contributed by atoms with van der Waals surface area (Å²) < 4.78 is 30.0. The first-order valence-corrected chi connectivity index (χ1v) is 9.59. The van der Waals surface area contributed by atoms with E-state index in [-0.39, 0.29) is 17.2 Å². The van der Waals surface area contributed by atoms with Crippen LogP contribution in [0.3, 0.4) is 0 Å². The number of carbonyl (C=O) groups is 2. The Morgan fingerprint density at radius 1 is 1.06 bits per heavy atom. The number of aromatic nitrogens is 4. The molecule has 0 spiro atoms. The normalized spacial score (nSPS) is 11.3. The van der Waals surface area contributed by atoms with E-state index in [4.69, 9.17) is 5.73 Å². The monoisotopic (exact) mass is 431 g/mol. The van der Waals surface area contributed by atoms with Crippen LogP contribution in [0.4, 0.5) is 14.5 Å². The van der Waals surface area contributed by atoms with Gasteiger partial charge in [-0.1, -0.05) is 6.07 Å². The number of halogens is 2. The zero-order valence-corrected chi connectivity index (χ0v) is 16.7. The minimum absolute atomic E-state index is 0.0724. The maximum atomic E-state index is 14.4. The first-order valence-electron chi connectivity index (χ1n) is 9.59. The number of nitrogens with two attached hydrogens (primary N) is 1. The number of nitrogens with one attached hydrogen (secondary N) is 1. The van der Waals surface area contributed by atoms with Gasteiger partial charge in [-0.05, 0) is 35.9 Å². The number of H-pyrrole nitrogens is 1. The Morgan fingerprint density at radius 2 is 1.88 bits per heavy atom. The van der Waals surface area contributed by atoms with Crippen molar-refractivity contribution in [3.8, 4) is 11.1 Å². The highest BCUT2D eigenvalue weighted by atomic mass is 19.1. The van der Waals surface area contributed by atoms with Gasteiger partial charge >= 0.3 is 0 Å². The predicted octanol–water partition coefficient (Wildman–Crippen LogP) is 4.33. The van der Waals surface area contributed by atoms with E-state index in [9.17, 15) is 18.4 Å².